The first kappa shape index (κ1) is 19.4. The van der Waals surface area contributed by atoms with Gasteiger partial charge in [-0.1, -0.05) is 42.5 Å². The molecule has 0 spiro atoms. The van der Waals surface area contributed by atoms with Crippen molar-refractivity contribution in [2.45, 2.75) is 26.8 Å². The summed E-state index contributed by atoms with van der Waals surface area (Å²) in [6.07, 6.45) is 0.590. The molecule has 1 saturated heterocycles. The fourth-order valence-electron chi connectivity index (χ4n) is 3.69. The standard InChI is InChI=1S/C23H31N3O/c1-19-8-7-11-22(20(19)2)25-14-16-26(17-15-25)23(27)12-13-24(3)18-21-9-5-4-6-10-21/h4-11H,12-18H2,1-3H3. The van der Waals surface area contributed by atoms with Crippen LogP contribution in [0, 0.1) is 13.8 Å². The molecule has 0 N–H and O–H groups in total. The summed E-state index contributed by atoms with van der Waals surface area (Å²) in [6, 6.07) is 16.9. The molecule has 0 aromatic heterocycles. The Hall–Kier alpha value is -2.33. The van der Waals surface area contributed by atoms with E-state index in [1.165, 1.54) is 22.4 Å². The number of nitrogens with zero attached hydrogens (tertiary/aromatic N) is 3. The van der Waals surface area contributed by atoms with E-state index in [0.717, 1.165) is 39.3 Å². The minimum Gasteiger partial charge on any atom is -0.368 e. The monoisotopic (exact) mass is 365 g/mol. The number of hydrogen-bond donors (Lipinski definition) is 0. The molecule has 0 atom stereocenters. The lowest BCUT2D eigenvalue weighted by Crippen LogP contribution is -2.49. The topological polar surface area (TPSA) is 26.8 Å². The van der Waals surface area contributed by atoms with Gasteiger partial charge in [0.25, 0.3) is 0 Å². The lowest BCUT2D eigenvalue weighted by atomic mass is 10.1. The Kier molecular flexibility index (Phi) is 6.51. The largest absolute Gasteiger partial charge is 0.368 e. The van der Waals surface area contributed by atoms with Crippen LogP contribution < -0.4 is 4.90 Å². The van der Waals surface area contributed by atoms with E-state index in [-0.39, 0.29) is 5.91 Å². The van der Waals surface area contributed by atoms with Gasteiger partial charge in [0, 0.05) is 51.4 Å². The van der Waals surface area contributed by atoms with Crippen molar-refractivity contribution in [3.63, 3.8) is 0 Å². The van der Waals surface area contributed by atoms with Crippen LogP contribution in [0.1, 0.15) is 23.1 Å². The molecule has 0 unspecified atom stereocenters. The molecule has 1 aliphatic heterocycles. The van der Waals surface area contributed by atoms with Crippen LogP contribution in [0.25, 0.3) is 0 Å². The summed E-state index contributed by atoms with van der Waals surface area (Å²) in [5.41, 5.74) is 5.27. The number of aryl methyl sites for hydroxylation is 1. The maximum atomic E-state index is 12.6. The fourth-order valence-corrected chi connectivity index (χ4v) is 3.69. The van der Waals surface area contributed by atoms with E-state index in [9.17, 15) is 4.79 Å². The second kappa shape index (κ2) is 9.05. The molecule has 0 bridgehead atoms. The molecule has 4 nitrogen and oxygen atoms in total. The summed E-state index contributed by atoms with van der Waals surface area (Å²) >= 11 is 0. The molecule has 1 fully saturated rings. The molecule has 0 aliphatic carbocycles. The van der Waals surface area contributed by atoms with E-state index in [0.29, 0.717) is 6.42 Å². The fraction of sp³-hybridized carbons (Fsp3) is 0.435. The molecule has 2 aromatic carbocycles. The number of rotatable bonds is 6. The van der Waals surface area contributed by atoms with Crippen molar-refractivity contribution in [1.82, 2.24) is 9.80 Å². The summed E-state index contributed by atoms with van der Waals surface area (Å²) in [5.74, 6) is 0.274. The van der Waals surface area contributed by atoms with E-state index < -0.39 is 0 Å². The number of benzene rings is 2. The van der Waals surface area contributed by atoms with Gasteiger partial charge >= 0.3 is 0 Å². The first-order valence-corrected chi connectivity index (χ1v) is 9.86. The molecule has 3 rings (SSSR count). The third-order valence-corrected chi connectivity index (χ3v) is 5.55. The van der Waals surface area contributed by atoms with E-state index in [4.69, 9.17) is 0 Å². The number of anilines is 1. The second-order valence-corrected chi connectivity index (χ2v) is 7.56. The maximum Gasteiger partial charge on any atom is 0.223 e. The van der Waals surface area contributed by atoms with Gasteiger partial charge in [0.2, 0.25) is 5.91 Å². The molecular formula is C23H31N3O. The predicted octanol–water partition coefficient (Wildman–Crippen LogP) is 3.47. The highest BCUT2D eigenvalue weighted by atomic mass is 16.2. The smallest absolute Gasteiger partial charge is 0.223 e. The molecule has 1 heterocycles. The average molecular weight is 366 g/mol. The van der Waals surface area contributed by atoms with Crippen molar-refractivity contribution in [3.8, 4) is 0 Å². The highest BCUT2D eigenvalue weighted by Gasteiger charge is 2.22. The van der Waals surface area contributed by atoms with E-state index >= 15 is 0 Å². The number of carbonyl (C=O) groups is 1. The Morgan fingerprint density at radius 1 is 0.963 bits per heavy atom. The average Bonchev–Trinajstić information content (AvgIpc) is 2.69. The Bertz CT molecular complexity index is 751. The van der Waals surface area contributed by atoms with Crippen molar-refractivity contribution in [3.05, 3.63) is 65.2 Å². The minimum atomic E-state index is 0.274. The molecule has 2 aromatic rings. The Morgan fingerprint density at radius 2 is 1.67 bits per heavy atom. The zero-order valence-electron chi connectivity index (χ0n) is 16.8. The van der Waals surface area contributed by atoms with Crippen LogP contribution in [0.2, 0.25) is 0 Å². The van der Waals surface area contributed by atoms with Crippen LogP contribution in [0.15, 0.2) is 48.5 Å². The predicted molar refractivity (Wildman–Crippen MR) is 112 cm³/mol. The molecule has 4 heteroatoms. The van der Waals surface area contributed by atoms with E-state index in [2.05, 4.69) is 73.2 Å². The van der Waals surface area contributed by atoms with Gasteiger partial charge in [0.15, 0.2) is 0 Å². The van der Waals surface area contributed by atoms with Gasteiger partial charge in [0.1, 0.15) is 0 Å². The SMILES string of the molecule is Cc1cccc(N2CCN(C(=O)CCN(C)Cc3ccccc3)CC2)c1C. The normalized spacial score (nSPS) is 14.7. The quantitative estimate of drug-likeness (QED) is 0.784. The van der Waals surface area contributed by atoms with Gasteiger partial charge < -0.3 is 14.7 Å². The van der Waals surface area contributed by atoms with Crippen LogP contribution in [0.4, 0.5) is 5.69 Å². The van der Waals surface area contributed by atoms with Crippen molar-refractivity contribution in [2.75, 3.05) is 44.7 Å². The molecular weight excluding hydrogens is 334 g/mol. The Morgan fingerprint density at radius 3 is 2.37 bits per heavy atom. The molecule has 0 saturated carbocycles. The number of carbonyl (C=O) groups excluding carboxylic acids is 1. The zero-order valence-corrected chi connectivity index (χ0v) is 16.8. The highest BCUT2D eigenvalue weighted by Crippen LogP contribution is 2.24. The van der Waals surface area contributed by atoms with Gasteiger partial charge in [-0.25, -0.2) is 0 Å². The molecule has 144 valence electrons. The second-order valence-electron chi connectivity index (χ2n) is 7.56. The molecule has 1 amide bonds. The maximum absolute atomic E-state index is 12.6. The Labute approximate surface area is 163 Å². The van der Waals surface area contributed by atoms with Gasteiger partial charge in [0.05, 0.1) is 0 Å². The van der Waals surface area contributed by atoms with Gasteiger partial charge in [-0.05, 0) is 43.7 Å². The van der Waals surface area contributed by atoms with Crippen LogP contribution in [0.5, 0.6) is 0 Å². The van der Waals surface area contributed by atoms with Crippen molar-refractivity contribution >= 4 is 11.6 Å². The van der Waals surface area contributed by atoms with Crippen LogP contribution in [0.3, 0.4) is 0 Å². The van der Waals surface area contributed by atoms with Crippen molar-refractivity contribution < 1.29 is 4.79 Å². The Balaban J connectivity index is 1.45. The van der Waals surface area contributed by atoms with Crippen LogP contribution in [-0.4, -0.2) is 55.5 Å². The highest BCUT2D eigenvalue weighted by molar-refractivity contribution is 5.76. The van der Waals surface area contributed by atoms with Crippen molar-refractivity contribution in [1.29, 1.82) is 0 Å². The van der Waals surface area contributed by atoms with Crippen LogP contribution in [-0.2, 0) is 11.3 Å². The zero-order chi connectivity index (χ0) is 19.2. The third kappa shape index (κ3) is 5.10. The lowest BCUT2D eigenvalue weighted by molar-refractivity contribution is -0.131. The summed E-state index contributed by atoms with van der Waals surface area (Å²) in [4.78, 5) is 19.3. The van der Waals surface area contributed by atoms with Gasteiger partial charge in [-0.15, -0.1) is 0 Å². The van der Waals surface area contributed by atoms with Gasteiger partial charge in [-0.3, -0.25) is 4.79 Å². The third-order valence-electron chi connectivity index (χ3n) is 5.55. The van der Waals surface area contributed by atoms with E-state index in [1.54, 1.807) is 0 Å². The first-order chi connectivity index (χ1) is 13.0. The molecule has 0 radical (unpaired) electrons. The minimum absolute atomic E-state index is 0.274. The van der Waals surface area contributed by atoms with Crippen LogP contribution >= 0.6 is 0 Å². The summed E-state index contributed by atoms with van der Waals surface area (Å²) in [7, 11) is 2.08. The number of hydrogen-bond acceptors (Lipinski definition) is 3. The summed E-state index contributed by atoms with van der Waals surface area (Å²) < 4.78 is 0. The first-order valence-electron chi connectivity index (χ1n) is 9.86. The molecule has 1 aliphatic rings. The lowest BCUT2D eigenvalue weighted by Gasteiger charge is -2.37. The van der Waals surface area contributed by atoms with Gasteiger partial charge in [-0.2, -0.15) is 0 Å². The molecule has 27 heavy (non-hydrogen) atoms. The van der Waals surface area contributed by atoms with Crippen molar-refractivity contribution in [2.24, 2.45) is 0 Å². The van der Waals surface area contributed by atoms with E-state index in [1.807, 2.05) is 11.0 Å². The number of amides is 1. The number of piperazine rings is 1. The summed E-state index contributed by atoms with van der Waals surface area (Å²) in [6.45, 7) is 9.48. The summed E-state index contributed by atoms with van der Waals surface area (Å²) in [5, 5.41) is 0.